The lowest BCUT2D eigenvalue weighted by molar-refractivity contribution is 0.0729. The number of rotatable bonds is 5. The number of amides is 1. The Balaban J connectivity index is 1.83. The van der Waals surface area contributed by atoms with E-state index in [2.05, 4.69) is 5.43 Å². The molecule has 2 aromatic rings. The summed E-state index contributed by atoms with van der Waals surface area (Å²) in [5.74, 6) is -1.44. The van der Waals surface area contributed by atoms with Gasteiger partial charge in [0.05, 0.1) is 18.9 Å². The zero-order valence-corrected chi connectivity index (χ0v) is 15.6. The van der Waals surface area contributed by atoms with Crippen molar-refractivity contribution in [3.63, 3.8) is 0 Å². The summed E-state index contributed by atoms with van der Waals surface area (Å²) in [7, 11) is -2.39. The lowest BCUT2D eigenvalue weighted by Crippen LogP contribution is -2.41. The Morgan fingerprint density at radius 3 is 2.48 bits per heavy atom. The molecule has 0 saturated carbocycles. The second kappa shape index (κ2) is 8.03. The van der Waals surface area contributed by atoms with Crippen LogP contribution in [0.5, 0.6) is 0 Å². The van der Waals surface area contributed by atoms with Crippen LogP contribution in [0.25, 0.3) is 0 Å². The minimum absolute atomic E-state index is 0.0472. The van der Waals surface area contributed by atoms with Crippen LogP contribution in [0.1, 0.15) is 10.4 Å². The number of halogens is 1. The number of hydrogen-bond donors (Lipinski definition) is 1. The van der Waals surface area contributed by atoms with Gasteiger partial charge < -0.3 is 4.74 Å². The van der Waals surface area contributed by atoms with Gasteiger partial charge in [-0.1, -0.05) is 18.2 Å². The Morgan fingerprint density at radius 2 is 1.81 bits per heavy atom. The number of carbonyl (C=O) groups excluding carboxylic acids is 1. The fourth-order valence-corrected chi connectivity index (χ4v) is 4.20. The maximum atomic E-state index is 14.2. The number of hydrazine groups is 1. The number of anilines is 1. The molecule has 144 valence electrons. The topological polar surface area (TPSA) is 79.0 Å². The number of para-hydroxylation sites is 1. The molecule has 0 aliphatic carbocycles. The molecule has 1 aliphatic heterocycles. The molecule has 1 saturated heterocycles. The molecule has 9 heteroatoms. The highest BCUT2D eigenvalue weighted by atomic mass is 32.2. The van der Waals surface area contributed by atoms with Crippen molar-refractivity contribution in [1.82, 2.24) is 9.73 Å². The number of hydrogen-bond acceptors (Lipinski definition) is 5. The van der Waals surface area contributed by atoms with Crippen molar-refractivity contribution < 1.29 is 22.3 Å². The average molecular weight is 393 g/mol. The molecule has 7 nitrogen and oxygen atoms in total. The first-order chi connectivity index (χ1) is 12.9. The molecule has 3 rings (SSSR count). The molecular formula is C18H20FN3O4S. The predicted molar refractivity (Wildman–Crippen MR) is 98.3 cm³/mol. The van der Waals surface area contributed by atoms with Crippen molar-refractivity contribution >= 4 is 21.6 Å². The second-order valence-corrected chi connectivity index (χ2v) is 7.90. The summed E-state index contributed by atoms with van der Waals surface area (Å²) >= 11 is 0. The van der Waals surface area contributed by atoms with Gasteiger partial charge in [0, 0.05) is 25.7 Å². The van der Waals surface area contributed by atoms with Crippen molar-refractivity contribution in [3.05, 3.63) is 59.9 Å². The van der Waals surface area contributed by atoms with Crippen LogP contribution in [0, 0.1) is 5.82 Å². The summed E-state index contributed by atoms with van der Waals surface area (Å²) in [5, 5.41) is 1.50. The normalized spacial score (nSPS) is 15.3. The average Bonchev–Trinajstić information content (AvgIpc) is 2.69. The van der Waals surface area contributed by atoms with Crippen LogP contribution in [-0.4, -0.2) is 52.0 Å². The van der Waals surface area contributed by atoms with Crippen LogP contribution in [0.4, 0.5) is 10.1 Å². The molecule has 0 unspecified atom stereocenters. The SMILES string of the molecule is CN(NC(=O)c1ccc(F)c(S(=O)(=O)N2CCOCC2)c1)c1ccccc1. The summed E-state index contributed by atoms with van der Waals surface area (Å²) in [4.78, 5) is 12.0. The van der Waals surface area contributed by atoms with Crippen molar-refractivity contribution in [2.45, 2.75) is 4.90 Å². The predicted octanol–water partition coefficient (Wildman–Crippen LogP) is 1.63. The van der Waals surface area contributed by atoms with Crippen molar-refractivity contribution in [2.75, 3.05) is 38.4 Å². The van der Waals surface area contributed by atoms with E-state index in [9.17, 15) is 17.6 Å². The zero-order chi connectivity index (χ0) is 19.4. The van der Waals surface area contributed by atoms with E-state index in [1.165, 1.54) is 11.1 Å². The Bertz CT molecular complexity index is 915. The van der Waals surface area contributed by atoms with Crippen LogP contribution < -0.4 is 10.4 Å². The molecule has 0 aromatic heterocycles. The standard InChI is InChI=1S/C18H20FN3O4S/c1-21(15-5-3-2-4-6-15)20-18(23)14-7-8-16(19)17(13-14)27(24,25)22-9-11-26-12-10-22/h2-8,13H,9-12H2,1H3,(H,20,23). The van der Waals surface area contributed by atoms with Gasteiger partial charge in [-0.3, -0.25) is 15.2 Å². The van der Waals surface area contributed by atoms with E-state index in [1.54, 1.807) is 19.2 Å². The van der Waals surface area contributed by atoms with Crippen molar-refractivity contribution in [3.8, 4) is 0 Å². The number of benzene rings is 2. The van der Waals surface area contributed by atoms with Crippen LogP contribution in [0.2, 0.25) is 0 Å². The fraction of sp³-hybridized carbons (Fsp3) is 0.278. The molecule has 0 radical (unpaired) electrons. The van der Waals surface area contributed by atoms with Crippen molar-refractivity contribution in [2.24, 2.45) is 0 Å². The van der Waals surface area contributed by atoms with Gasteiger partial charge in [-0.25, -0.2) is 12.8 Å². The van der Waals surface area contributed by atoms with Crippen LogP contribution in [0.15, 0.2) is 53.4 Å². The smallest absolute Gasteiger partial charge is 0.269 e. The highest BCUT2D eigenvalue weighted by Crippen LogP contribution is 2.22. The van der Waals surface area contributed by atoms with Gasteiger partial charge in [0.1, 0.15) is 10.7 Å². The van der Waals surface area contributed by atoms with Crippen LogP contribution >= 0.6 is 0 Å². The quantitative estimate of drug-likeness (QED) is 0.781. The van der Waals surface area contributed by atoms with E-state index >= 15 is 0 Å². The van der Waals surface area contributed by atoms with Gasteiger partial charge in [0.2, 0.25) is 10.0 Å². The lowest BCUT2D eigenvalue weighted by atomic mass is 10.2. The van der Waals surface area contributed by atoms with Gasteiger partial charge >= 0.3 is 0 Å². The summed E-state index contributed by atoms with van der Waals surface area (Å²) in [6.07, 6.45) is 0. The van der Waals surface area contributed by atoms with Crippen molar-refractivity contribution in [1.29, 1.82) is 0 Å². The maximum absolute atomic E-state index is 14.2. The highest BCUT2D eigenvalue weighted by Gasteiger charge is 2.29. The molecule has 1 amide bonds. The van der Waals surface area contributed by atoms with Crippen LogP contribution in [-0.2, 0) is 14.8 Å². The first-order valence-corrected chi connectivity index (χ1v) is 9.81. The number of ether oxygens (including phenoxy) is 1. The number of sulfonamides is 1. The lowest BCUT2D eigenvalue weighted by Gasteiger charge is -2.26. The number of nitrogens with one attached hydrogen (secondary N) is 1. The molecule has 1 fully saturated rings. The molecule has 1 aliphatic rings. The van der Waals surface area contributed by atoms with E-state index in [0.29, 0.717) is 0 Å². The fourth-order valence-electron chi connectivity index (χ4n) is 2.70. The molecule has 0 atom stereocenters. The summed E-state index contributed by atoms with van der Waals surface area (Å²) < 4.78 is 46.0. The molecule has 27 heavy (non-hydrogen) atoms. The number of morpholine rings is 1. The van der Waals surface area contributed by atoms with Gasteiger partial charge in [-0.15, -0.1) is 0 Å². The summed E-state index contributed by atoms with van der Waals surface area (Å²) in [6, 6.07) is 12.4. The van der Waals surface area contributed by atoms with E-state index in [0.717, 1.165) is 22.1 Å². The summed E-state index contributed by atoms with van der Waals surface area (Å²) in [5.41, 5.74) is 3.43. The Hall–Kier alpha value is -2.49. The second-order valence-electron chi connectivity index (χ2n) is 6.00. The highest BCUT2D eigenvalue weighted by molar-refractivity contribution is 7.89. The van der Waals surface area contributed by atoms with E-state index in [4.69, 9.17) is 4.74 Å². The number of carbonyl (C=O) groups is 1. The van der Waals surface area contributed by atoms with Gasteiger partial charge in [-0.2, -0.15) is 4.31 Å². The third-order valence-corrected chi connectivity index (χ3v) is 6.11. The van der Waals surface area contributed by atoms with Gasteiger partial charge in [0.25, 0.3) is 5.91 Å². The third-order valence-electron chi connectivity index (χ3n) is 4.19. The van der Waals surface area contributed by atoms with E-state index in [1.807, 2.05) is 18.2 Å². The van der Waals surface area contributed by atoms with Crippen LogP contribution in [0.3, 0.4) is 0 Å². The Labute approximate surface area is 157 Å². The zero-order valence-electron chi connectivity index (χ0n) is 14.8. The maximum Gasteiger partial charge on any atom is 0.269 e. The first kappa shape index (κ1) is 19.3. The largest absolute Gasteiger partial charge is 0.379 e. The summed E-state index contributed by atoms with van der Waals surface area (Å²) in [6.45, 7) is 0.801. The molecule has 0 bridgehead atoms. The minimum atomic E-state index is -4.04. The Kier molecular flexibility index (Phi) is 5.73. The Morgan fingerprint density at radius 1 is 1.15 bits per heavy atom. The number of nitrogens with zero attached hydrogens (tertiary/aromatic N) is 2. The van der Waals surface area contributed by atoms with E-state index < -0.39 is 26.6 Å². The first-order valence-electron chi connectivity index (χ1n) is 8.37. The molecule has 0 spiro atoms. The van der Waals surface area contributed by atoms with E-state index in [-0.39, 0.29) is 31.9 Å². The molecule has 2 aromatic carbocycles. The van der Waals surface area contributed by atoms with Gasteiger partial charge in [0.15, 0.2) is 0 Å². The molecular weight excluding hydrogens is 373 g/mol. The monoisotopic (exact) mass is 393 g/mol. The third kappa shape index (κ3) is 4.26. The van der Waals surface area contributed by atoms with Gasteiger partial charge in [-0.05, 0) is 30.3 Å². The molecule has 1 N–H and O–H groups in total. The minimum Gasteiger partial charge on any atom is -0.379 e. The molecule has 1 heterocycles.